The van der Waals surface area contributed by atoms with Gasteiger partial charge in [0.2, 0.25) is 5.95 Å². The second kappa shape index (κ2) is 2.99. The summed E-state index contributed by atoms with van der Waals surface area (Å²) < 4.78 is 0.947. The Labute approximate surface area is 78.7 Å². The first-order chi connectivity index (χ1) is 5.77. The summed E-state index contributed by atoms with van der Waals surface area (Å²) in [5, 5.41) is 3.18. The van der Waals surface area contributed by atoms with Crippen molar-refractivity contribution in [2.75, 3.05) is 18.8 Å². The largest absolute Gasteiger partial charge is 0.368 e. The number of halogens is 1. The van der Waals surface area contributed by atoms with Gasteiger partial charge in [-0.25, -0.2) is 9.97 Å². The normalized spacial score (nSPS) is 17.4. The number of nitrogens with zero attached hydrogens (tertiary/aromatic N) is 2. The number of nitrogen functional groups attached to an aromatic ring is 1. The first-order valence-electron chi connectivity index (χ1n) is 3.76. The van der Waals surface area contributed by atoms with Gasteiger partial charge in [0.25, 0.3) is 0 Å². The van der Waals surface area contributed by atoms with Crippen molar-refractivity contribution in [3.8, 4) is 0 Å². The second-order valence-electron chi connectivity index (χ2n) is 2.82. The molecule has 1 aliphatic heterocycles. The number of nitrogens with one attached hydrogen (secondary N) is 1. The van der Waals surface area contributed by atoms with Crippen LogP contribution in [0.2, 0.25) is 0 Å². The van der Waals surface area contributed by atoms with Crippen LogP contribution in [-0.2, 0) is 0 Å². The molecule has 3 N–H and O–H groups in total. The molecule has 0 unspecified atom stereocenters. The third-order valence-corrected chi connectivity index (χ3v) is 2.57. The highest BCUT2D eigenvalue weighted by Crippen LogP contribution is 2.25. The van der Waals surface area contributed by atoms with Crippen LogP contribution >= 0.6 is 15.9 Å². The standard InChI is InChI=1S/C7H9BrN4/c8-5-3-11-7(9)12-6(5)4-1-10-2-4/h3-4,10H,1-2H2,(H2,9,11,12). The van der Waals surface area contributed by atoms with Crippen LogP contribution in [0.3, 0.4) is 0 Å². The molecule has 0 saturated carbocycles. The summed E-state index contributed by atoms with van der Waals surface area (Å²) in [5.74, 6) is 0.838. The van der Waals surface area contributed by atoms with Gasteiger partial charge in [0.05, 0.1) is 10.2 Å². The van der Waals surface area contributed by atoms with E-state index in [1.807, 2.05) is 0 Å². The van der Waals surface area contributed by atoms with Crippen LogP contribution in [0.25, 0.3) is 0 Å². The fraction of sp³-hybridized carbons (Fsp3) is 0.429. The maximum Gasteiger partial charge on any atom is 0.220 e. The molecule has 0 amide bonds. The molecule has 0 radical (unpaired) electrons. The van der Waals surface area contributed by atoms with Crippen LogP contribution in [0.15, 0.2) is 10.7 Å². The second-order valence-corrected chi connectivity index (χ2v) is 3.67. The van der Waals surface area contributed by atoms with Crippen molar-refractivity contribution in [1.82, 2.24) is 15.3 Å². The van der Waals surface area contributed by atoms with E-state index in [1.54, 1.807) is 6.20 Å². The molecule has 2 rings (SSSR count). The van der Waals surface area contributed by atoms with Crippen molar-refractivity contribution in [2.24, 2.45) is 0 Å². The van der Waals surface area contributed by atoms with Crippen LogP contribution in [0.5, 0.6) is 0 Å². The highest BCUT2D eigenvalue weighted by Gasteiger charge is 2.22. The Morgan fingerprint density at radius 3 is 2.92 bits per heavy atom. The summed E-state index contributed by atoms with van der Waals surface area (Å²) in [6.07, 6.45) is 1.70. The molecule has 64 valence electrons. The van der Waals surface area contributed by atoms with E-state index in [0.717, 1.165) is 23.3 Å². The van der Waals surface area contributed by atoms with Crippen LogP contribution in [0.1, 0.15) is 11.6 Å². The first-order valence-corrected chi connectivity index (χ1v) is 4.55. The summed E-state index contributed by atoms with van der Waals surface area (Å²) in [4.78, 5) is 8.05. The van der Waals surface area contributed by atoms with Gasteiger partial charge in [-0.1, -0.05) is 0 Å². The van der Waals surface area contributed by atoms with Crippen LogP contribution in [0.4, 0.5) is 5.95 Å². The molecule has 0 aromatic carbocycles. The van der Waals surface area contributed by atoms with E-state index >= 15 is 0 Å². The number of nitrogens with two attached hydrogens (primary N) is 1. The van der Waals surface area contributed by atoms with E-state index in [-0.39, 0.29) is 0 Å². The van der Waals surface area contributed by atoms with Gasteiger partial charge in [-0.2, -0.15) is 0 Å². The van der Waals surface area contributed by atoms with E-state index in [9.17, 15) is 0 Å². The third kappa shape index (κ3) is 1.30. The molecule has 0 atom stereocenters. The van der Waals surface area contributed by atoms with Crippen molar-refractivity contribution in [3.05, 3.63) is 16.4 Å². The lowest BCUT2D eigenvalue weighted by molar-refractivity contribution is 0.438. The van der Waals surface area contributed by atoms with Crippen molar-refractivity contribution >= 4 is 21.9 Å². The van der Waals surface area contributed by atoms with Crippen molar-refractivity contribution < 1.29 is 0 Å². The summed E-state index contributed by atoms with van der Waals surface area (Å²) in [7, 11) is 0. The summed E-state index contributed by atoms with van der Waals surface area (Å²) >= 11 is 3.40. The number of rotatable bonds is 1. The average Bonchev–Trinajstić information content (AvgIpc) is 1.93. The minimum atomic E-state index is 0.347. The zero-order valence-electron chi connectivity index (χ0n) is 6.42. The molecule has 0 bridgehead atoms. The maximum atomic E-state index is 5.48. The Morgan fingerprint density at radius 1 is 1.58 bits per heavy atom. The van der Waals surface area contributed by atoms with Gasteiger partial charge < -0.3 is 11.1 Å². The summed E-state index contributed by atoms with van der Waals surface area (Å²) in [6.45, 7) is 1.96. The van der Waals surface area contributed by atoms with Gasteiger partial charge in [-0.05, 0) is 15.9 Å². The summed E-state index contributed by atoms with van der Waals surface area (Å²) in [6, 6.07) is 0. The van der Waals surface area contributed by atoms with Gasteiger partial charge >= 0.3 is 0 Å². The number of aromatic nitrogens is 2. The Kier molecular flexibility index (Phi) is 1.98. The van der Waals surface area contributed by atoms with E-state index in [4.69, 9.17) is 5.73 Å². The lowest BCUT2D eigenvalue weighted by Crippen LogP contribution is -2.40. The Hall–Kier alpha value is -0.680. The van der Waals surface area contributed by atoms with Crippen LogP contribution in [-0.4, -0.2) is 23.1 Å². The number of anilines is 1. The maximum absolute atomic E-state index is 5.48. The minimum Gasteiger partial charge on any atom is -0.368 e. The molecule has 2 heterocycles. The lowest BCUT2D eigenvalue weighted by Gasteiger charge is -2.27. The molecular formula is C7H9BrN4. The smallest absolute Gasteiger partial charge is 0.220 e. The van der Waals surface area contributed by atoms with Crippen LogP contribution < -0.4 is 11.1 Å². The summed E-state index contributed by atoms with van der Waals surface area (Å²) in [5.41, 5.74) is 6.50. The fourth-order valence-electron chi connectivity index (χ4n) is 1.16. The Morgan fingerprint density at radius 2 is 2.33 bits per heavy atom. The molecule has 0 spiro atoms. The first kappa shape index (κ1) is 7.94. The molecule has 4 nitrogen and oxygen atoms in total. The van der Waals surface area contributed by atoms with E-state index in [1.165, 1.54) is 0 Å². The molecule has 0 aliphatic carbocycles. The highest BCUT2D eigenvalue weighted by molar-refractivity contribution is 9.10. The molecule has 1 aromatic rings. The SMILES string of the molecule is Nc1ncc(Br)c(C2CNC2)n1. The van der Waals surface area contributed by atoms with Gasteiger partial charge in [-0.3, -0.25) is 0 Å². The number of hydrogen-bond donors (Lipinski definition) is 2. The minimum absolute atomic E-state index is 0.347. The van der Waals surface area contributed by atoms with Gasteiger partial charge in [0, 0.05) is 25.2 Å². The molecular weight excluding hydrogens is 220 g/mol. The predicted molar refractivity (Wildman–Crippen MR) is 49.8 cm³/mol. The average molecular weight is 229 g/mol. The van der Waals surface area contributed by atoms with Gasteiger partial charge in [-0.15, -0.1) is 0 Å². The van der Waals surface area contributed by atoms with Gasteiger partial charge in [0.15, 0.2) is 0 Å². The predicted octanol–water partition coefficient (Wildman–Crippen LogP) is 0.508. The topological polar surface area (TPSA) is 63.8 Å². The van der Waals surface area contributed by atoms with Crippen molar-refractivity contribution in [3.63, 3.8) is 0 Å². The highest BCUT2D eigenvalue weighted by atomic mass is 79.9. The van der Waals surface area contributed by atoms with E-state index < -0.39 is 0 Å². The monoisotopic (exact) mass is 228 g/mol. The van der Waals surface area contributed by atoms with Gasteiger partial charge in [0.1, 0.15) is 0 Å². The quantitative estimate of drug-likeness (QED) is 0.736. The molecule has 5 heteroatoms. The zero-order chi connectivity index (χ0) is 8.55. The number of hydrogen-bond acceptors (Lipinski definition) is 4. The van der Waals surface area contributed by atoms with Crippen molar-refractivity contribution in [2.45, 2.75) is 5.92 Å². The Balaban J connectivity index is 2.34. The van der Waals surface area contributed by atoms with Crippen molar-refractivity contribution in [1.29, 1.82) is 0 Å². The molecule has 1 aliphatic rings. The molecule has 1 aromatic heterocycles. The molecule has 1 saturated heterocycles. The third-order valence-electron chi connectivity index (χ3n) is 1.96. The van der Waals surface area contributed by atoms with E-state index in [0.29, 0.717) is 11.9 Å². The lowest BCUT2D eigenvalue weighted by atomic mass is 9.99. The molecule has 12 heavy (non-hydrogen) atoms. The Bertz CT molecular complexity index is 297. The van der Waals surface area contributed by atoms with Crippen LogP contribution in [0, 0.1) is 0 Å². The molecule has 1 fully saturated rings. The van der Waals surface area contributed by atoms with E-state index in [2.05, 4.69) is 31.2 Å². The fourth-order valence-corrected chi connectivity index (χ4v) is 1.68. The zero-order valence-corrected chi connectivity index (χ0v) is 8.00.